The van der Waals surface area contributed by atoms with Crippen LogP contribution < -0.4 is 5.32 Å². The average molecular weight is 250 g/mol. The summed E-state index contributed by atoms with van der Waals surface area (Å²) in [6.07, 6.45) is 6.78. The number of nitrogens with zero attached hydrogens (tertiary/aromatic N) is 1. The van der Waals surface area contributed by atoms with Gasteiger partial charge in [-0.2, -0.15) is 11.8 Å². The first-order valence-corrected chi connectivity index (χ1v) is 7.75. The fraction of sp³-hybridized carbons (Fsp3) is 0.643. The Morgan fingerprint density at radius 1 is 1.35 bits per heavy atom. The van der Waals surface area contributed by atoms with E-state index in [-0.39, 0.29) is 0 Å². The van der Waals surface area contributed by atoms with Crippen LogP contribution in [0.2, 0.25) is 0 Å². The SMILES string of the molecule is CCCNc1cccc(CSC2CCCC2)n1. The Balaban J connectivity index is 1.82. The lowest BCUT2D eigenvalue weighted by molar-refractivity contribution is 0.886. The molecule has 1 saturated carbocycles. The van der Waals surface area contributed by atoms with Crippen LogP contribution in [0.15, 0.2) is 18.2 Å². The molecule has 1 aliphatic rings. The Morgan fingerprint density at radius 3 is 2.94 bits per heavy atom. The first kappa shape index (κ1) is 12.7. The third kappa shape index (κ3) is 4.23. The fourth-order valence-electron chi connectivity index (χ4n) is 2.17. The lowest BCUT2D eigenvalue weighted by Gasteiger charge is -2.09. The number of hydrogen-bond donors (Lipinski definition) is 1. The maximum atomic E-state index is 4.64. The van der Waals surface area contributed by atoms with Crippen molar-refractivity contribution in [1.82, 2.24) is 4.98 Å². The molecule has 1 N–H and O–H groups in total. The highest BCUT2D eigenvalue weighted by atomic mass is 32.2. The average Bonchev–Trinajstić information content (AvgIpc) is 2.87. The largest absolute Gasteiger partial charge is 0.370 e. The molecular formula is C14H22N2S. The summed E-state index contributed by atoms with van der Waals surface area (Å²) in [4.78, 5) is 4.64. The van der Waals surface area contributed by atoms with Gasteiger partial charge in [-0.05, 0) is 31.4 Å². The van der Waals surface area contributed by atoms with Crippen LogP contribution in [0.4, 0.5) is 5.82 Å². The van der Waals surface area contributed by atoms with Gasteiger partial charge in [0, 0.05) is 17.5 Å². The number of pyridine rings is 1. The molecular weight excluding hydrogens is 228 g/mol. The predicted octanol–water partition coefficient (Wildman–Crippen LogP) is 4.08. The summed E-state index contributed by atoms with van der Waals surface area (Å²) in [7, 11) is 0. The van der Waals surface area contributed by atoms with E-state index in [9.17, 15) is 0 Å². The minimum absolute atomic E-state index is 0.879. The first-order chi connectivity index (χ1) is 8.38. The molecule has 0 aliphatic heterocycles. The predicted molar refractivity (Wildman–Crippen MR) is 76.6 cm³/mol. The highest BCUT2D eigenvalue weighted by molar-refractivity contribution is 7.99. The molecule has 1 aliphatic carbocycles. The summed E-state index contributed by atoms with van der Waals surface area (Å²) in [5.74, 6) is 2.09. The summed E-state index contributed by atoms with van der Waals surface area (Å²) in [5.41, 5.74) is 1.21. The fourth-order valence-corrected chi connectivity index (χ4v) is 3.40. The van der Waals surface area contributed by atoms with Crippen LogP contribution in [0.1, 0.15) is 44.7 Å². The number of thioether (sulfide) groups is 1. The minimum atomic E-state index is 0.879. The highest BCUT2D eigenvalue weighted by Crippen LogP contribution is 2.31. The van der Waals surface area contributed by atoms with Crippen molar-refractivity contribution in [2.75, 3.05) is 11.9 Å². The zero-order valence-electron chi connectivity index (χ0n) is 10.6. The van der Waals surface area contributed by atoms with Crippen molar-refractivity contribution >= 4 is 17.6 Å². The molecule has 2 rings (SSSR count). The van der Waals surface area contributed by atoms with E-state index in [4.69, 9.17) is 0 Å². The standard InChI is InChI=1S/C14H22N2S/c1-2-10-15-14-9-5-6-12(16-14)11-17-13-7-3-4-8-13/h5-6,9,13H,2-4,7-8,10-11H2,1H3,(H,15,16). The van der Waals surface area contributed by atoms with Crippen molar-refractivity contribution in [3.8, 4) is 0 Å². The molecule has 2 nitrogen and oxygen atoms in total. The summed E-state index contributed by atoms with van der Waals surface area (Å²) >= 11 is 2.08. The van der Waals surface area contributed by atoms with Gasteiger partial charge in [-0.1, -0.05) is 25.8 Å². The number of nitrogens with one attached hydrogen (secondary N) is 1. The smallest absolute Gasteiger partial charge is 0.126 e. The summed E-state index contributed by atoms with van der Waals surface area (Å²) < 4.78 is 0. The molecule has 0 spiro atoms. The molecule has 1 heterocycles. The highest BCUT2D eigenvalue weighted by Gasteiger charge is 2.15. The van der Waals surface area contributed by atoms with E-state index < -0.39 is 0 Å². The Kier molecular flexibility index (Phi) is 5.17. The molecule has 3 heteroatoms. The van der Waals surface area contributed by atoms with Crippen LogP contribution in [-0.2, 0) is 5.75 Å². The van der Waals surface area contributed by atoms with Crippen LogP contribution in [0.3, 0.4) is 0 Å². The van der Waals surface area contributed by atoms with Gasteiger partial charge < -0.3 is 5.32 Å². The lowest BCUT2D eigenvalue weighted by Crippen LogP contribution is -2.03. The van der Waals surface area contributed by atoms with Gasteiger partial charge in [-0.15, -0.1) is 0 Å². The van der Waals surface area contributed by atoms with Crippen molar-refractivity contribution in [3.05, 3.63) is 23.9 Å². The van der Waals surface area contributed by atoms with Crippen molar-refractivity contribution in [2.45, 2.75) is 50.0 Å². The molecule has 0 saturated heterocycles. The second kappa shape index (κ2) is 6.90. The van der Waals surface area contributed by atoms with E-state index in [1.807, 2.05) is 0 Å². The Hall–Kier alpha value is -0.700. The lowest BCUT2D eigenvalue weighted by atomic mass is 10.3. The monoisotopic (exact) mass is 250 g/mol. The van der Waals surface area contributed by atoms with Crippen molar-refractivity contribution in [1.29, 1.82) is 0 Å². The third-order valence-electron chi connectivity index (χ3n) is 3.13. The number of hydrogen-bond acceptors (Lipinski definition) is 3. The zero-order valence-corrected chi connectivity index (χ0v) is 11.4. The molecule has 17 heavy (non-hydrogen) atoms. The van der Waals surface area contributed by atoms with Crippen LogP contribution in [-0.4, -0.2) is 16.8 Å². The van der Waals surface area contributed by atoms with Gasteiger partial charge >= 0.3 is 0 Å². The Bertz CT molecular complexity index is 335. The summed E-state index contributed by atoms with van der Waals surface area (Å²) in [6.45, 7) is 3.18. The molecule has 1 aromatic heterocycles. The molecule has 94 valence electrons. The van der Waals surface area contributed by atoms with Gasteiger partial charge in [0.25, 0.3) is 0 Å². The van der Waals surface area contributed by atoms with Crippen molar-refractivity contribution < 1.29 is 0 Å². The molecule has 1 fully saturated rings. The maximum absolute atomic E-state index is 4.64. The van der Waals surface area contributed by atoms with E-state index >= 15 is 0 Å². The van der Waals surface area contributed by atoms with Crippen LogP contribution in [0, 0.1) is 0 Å². The number of rotatable bonds is 6. The number of aromatic nitrogens is 1. The molecule has 0 atom stereocenters. The molecule has 0 unspecified atom stereocenters. The Labute approximate surface area is 109 Å². The topological polar surface area (TPSA) is 24.9 Å². The van der Waals surface area contributed by atoms with Crippen molar-refractivity contribution in [3.63, 3.8) is 0 Å². The second-order valence-electron chi connectivity index (χ2n) is 4.66. The normalized spacial score (nSPS) is 16.3. The molecule has 0 bridgehead atoms. The van der Waals surface area contributed by atoms with Gasteiger partial charge in [0.1, 0.15) is 5.82 Å². The first-order valence-electron chi connectivity index (χ1n) is 6.70. The van der Waals surface area contributed by atoms with Crippen LogP contribution in [0.5, 0.6) is 0 Å². The summed E-state index contributed by atoms with van der Waals surface area (Å²) in [5, 5.41) is 4.22. The second-order valence-corrected chi connectivity index (χ2v) is 5.95. The van der Waals surface area contributed by atoms with E-state index in [0.29, 0.717) is 0 Å². The summed E-state index contributed by atoms with van der Waals surface area (Å²) in [6, 6.07) is 6.30. The minimum Gasteiger partial charge on any atom is -0.370 e. The molecule has 0 aromatic carbocycles. The van der Waals surface area contributed by atoms with Crippen molar-refractivity contribution in [2.24, 2.45) is 0 Å². The van der Waals surface area contributed by atoms with Crippen LogP contribution >= 0.6 is 11.8 Å². The van der Waals surface area contributed by atoms with Gasteiger partial charge in [0.15, 0.2) is 0 Å². The quantitative estimate of drug-likeness (QED) is 0.823. The van der Waals surface area contributed by atoms with E-state index in [2.05, 4.69) is 47.2 Å². The van der Waals surface area contributed by atoms with E-state index in [0.717, 1.165) is 29.8 Å². The Morgan fingerprint density at radius 2 is 2.18 bits per heavy atom. The van der Waals surface area contributed by atoms with Crippen LogP contribution in [0.25, 0.3) is 0 Å². The third-order valence-corrected chi connectivity index (χ3v) is 4.54. The van der Waals surface area contributed by atoms with Gasteiger partial charge in [-0.25, -0.2) is 4.98 Å². The van der Waals surface area contributed by atoms with Gasteiger partial charge in [0.05, 0.1) is 5.69 Å². The molecule has 0 radical (unpaired) electrons. The molecule has 0 amide bonds. The van der Waals surface area contributed by atoms with E-state index in [1.54, 1.807) is 0 Å². The van der Waals surface area contributed by atoms with Gasteiger partial charge in [-0.3, -0.25) is 0 Å². The van der Waals surface area contributed by atoms with E-state index in [1.165, 1.54) is 31.4 Å². The zero-order chi connectivity index (χ0) is 11.9. The maximum Gasteiger partial charge on any atom is 0.126 e. The molecule has 1 aromatic rings. The number of anilines is 1. The van der Waals surface area contributed by atoms with Gasteiger partial charge in [0.2, 0.25) is 0 Å².